The number of ether oxygens (including phenoxy) is 3. The van der Waals surface area contributed by atoms with Gasteiger partial charge in [0.1, 0.15) is 0 Å². The van der Waals surface area contributed by atoms with Crippen LogP contribution in [0.2, 0.25) is 0 Å². The summed E-state index contributed by atoms with van der Waals surface area (Å²) in [7, 11) is 3.30. The molecule has 0 fully saturated rings. The van der Waals surface area contributed by atoms with Crippen LogP contribution in [0.4, 0.5) is 0 Å². The molecule has 2 rings (SSSR count). The Hall–Kier alpha value is -0.930. The lowest BCUT2D eigenvalue weighted by molar-refractivity contribution is 0.0284. The molecule has 18 heavy (non-hydrogen) atoms. The van der Waals surface area contributed by atoms with Crippen LogP contribution in [0.15, 0.2) is 12.1 Å². The molecule has 0 N–H and O–H groups in total. The van der Waals surface area contributed by atoms with Gasteiger partial charge in [0.2, 0.25) is 0 Å². The monoisotopic (exact) mass is 270 g/mol. The highest BCUT2D eigenvalue weighted by Gasteiger charge is 2.27. The summed E-state index contributed by atoms with van der Waals surface area (Å²) in [5.74, 6) is 2.47. The highest BCUT2D eigenvalue weighted by molar-refractivity contribution is 6.17. The van der Waals surface area contributed by atoms with Gasteiger partial charge in [0, 0.05) is 11.8 Å². The molecular weight excluding hydrogens is 252 g/mol. The highest BCUT2D eigenvalue weighted by atomic mass is 35.5. The minimum Gasteiger partial charge on any atom is -0.493 e. The summed E-state index contributed by atoms with van der Waals surface area (Å²) in [6.07, 6.45) is 0.880. The summed E-state index contributed by atoms with van der Waals surface area (Å²) in [5.41, 5.74) is 2.45. The third-order valence-electron chi connectivity index (χ3n) is 3.39. The van der Waals surface area contributed by atoms with Crippen molar-refractivity contribution in [2.75, 3.05) is 26.7 Å². The molecule has 1 heterocycles. The van der Waals surface area contributed by atoms with Gasteiger partial charge in [-0.05, 0) is 29.7 Å². The molecule has 0 saturated carbocycles. The van der Waals surface area contributed by atoms with Gasteiger partial charge in [-0.1, -0.05) is 6.92 Å². The zero-order valence-corrected chi connectivity index (χ0v) is 11.8. The van der Waals surface area contributed by atoms with Crippen molar-refractivity contribution >= 4 is 11.6 Å². The second-order valence-electron chi connectivity index (χ2n) is 4.54. The maximum Gasteiger partial charge on any atom is 0.161 e. The van der Waals surface area contributed by atoms with Crippen LogP contribution < -0.4 is 9.47 Å². The minimum absolute atomic E-state index is 0.0634. The van der Waals surface area contributed by atoms with E-state index in [9.17, 15) is 0 Å². The molecule has 0 radical (unpaired) electrons. The van der Waals surface area contributed by atoms with Gasteiger partial charge in [0.15, 0.2) is 11.5 Å². The van der Waals surface area contributed by atoms with E-state index < -0.39 is 0 Å². The van der Waals surface area contributed by atoms with Gasteiger partial charge in [0.25, 0.3) is 0 Å². The fourth-order valence-electron chi connectivity index (χ4n) is 2.39. The van der Waals surface area contributed by atoms with Crippen LogP contribution in [-0.2, 0) is 4.74 Å². The van der Waals surface area contributed by atoms with E-state index in [2.05, 4.69) is 13.0 Å². The second-order valence-corrected chi connectivity index (χ2v) is 4.91. The summed E-state index contributed by atoms with van der Waals surface area (Å²) in [6.45, 7) is 2.88. The Morgan fingerprint density at radius 1 is 1.22 bits per heavy atom. The minimum atomic E-state index is 0.0634. The molecule has 0 aromatic heterocycles. The van der Waals surface area contributed by atoms with Gasteiger partial charge in [-0.15, -0.1) is 11.6 Å². The number of hydrogen-bond acceptors (Lipinski definition) is 3. The molecule has 1 aromatic rings. The molecule has 1 aliphatic heterocycles. The van der Waals surface area contributed by atoms with E-state index in [1.54, 1.807) is 14.2 Å². The molecular formula is C14H19ClO3. The van der Waals surface area contributed by atoms with Gasteiger partial charge in [0.05, 0.1) is 26.9 Å². The van der Waals surface area contributed by atoms with Crippen LogP contribution in [0.5, 0.6) is 11.5 Å². The highest BCUT2D eigenvalue weighted by Crippen LogP contribution is 2.41. The average Bonchev–Trinajstić information content (AvgIpc) is 2.41. The zero-order chi connectivity index (χ0) is 13.1. The first-order valence-electron chi connectivity index (χ1n) is 6.14. The maximum absolute atomic E-state index is 5.85. The molecule has 0 amide bonds. The predicted octanol–water partition coefficient (Wildman–Crippen LogP) is 3.51. The van der Waals surface area contributed by atoms with Gasteiger partial charge < -0.3 is 14.2 Å². The second kappa shape index (κ2) is 5.81. The smallest absolute Gasteiger partial charge is 0.161 e. The van der Waals surface area contributed by atoms with E-state index in [4.69, 9.17) is 25.8 Å². The normalized spacial score (nSPS) is 22.4. The summed E-state index contributed by atoms with van der Waals surface area (Å²) >= 11 is 5.83. The van der Waals surface area contributed by atoms with Crippen LogP contribution in [-0.4, -0.2) is 26.7 Å². The lowest BCUT2D eigenvalue weighted by atomic mass is 9.89. The summed E-state index contributed by atoms with van der Waals surface area (Å²) < 4.78 is 16.6. The van der Waals surface area contributed by atoms with Gasteiger partial charge in [-0.25, -0.2) is 0 Å². The first-order chi connectivity index (χ1) is 8.71. The van der Waals surface area contributed by atoms with Crippen molar-refractivity contribution in [1.29, 1.82) is 0 Å². The number of benzene rings is 1. The summed E-state index contributed by atoms with van der Waals surface area (Å²) in [4.78, 5) is 0. The van der Waals surface area contributed by atoms with Crippen LogP contribution in [0.25, 0.3) is 0 Å². The molecule has 0 spiro atoms. The third-order valence-corrected chi connectivity index (χ3v) is 3.60. The molecule has 0 unspecified atom stereocenters. The number of fused-ring (bicyclic) bond motifs is 1. The Balaban J connectivity index is 2.46. The zero-order valence-electron chi connectivity index (χ0n) is 11.0. The van der Waals surface area contributed by atoms with Gasteiger partial charge in [-0.2, -0.15) is 0 Å². The van der Waals surface area contributed by atoms with Crippen molar-refractivity contribution in [2.24, 2.45) is 0 Å². The van der Waals surface area contributed by atoms with Gasteiger partial charge in [-0.3, -0.25) is 0 Å². The molecule has 0 bridgehead atoms. The number of hydrogen-bond donors (Lipinski definition) is 0. The molecule has 3 nitrogen and oxygen atoms in total. The summed E-state index contributed by atoms with van der Waals surface area (Å²) in [5, 5.41) is 0. The quantitative estimate of drug-likeness (QED) is 0.784. The van der Waals surface area contributed by atoms with Crippen molar-refractivity contribution in [3.63, 3.8) is 0 Å². The lowest BCUT2D eigenvalue weighted by Gasteiger charge is -2.30. The van der Waals surface area contributed by atoms with E-state index >= 15 is 0 Å². The van der Waals surface area contributed by atoms with Crippen molar-refractivity contribution in [1.82, 2.24) is 0 Å². The fraction of sp³-hybridized carbons (Fsp3) is 0.571. The third kappa shape index (κ3) is 2.43. The lowest BCUT2D eigenvalue weighted by Crippen LogP contribution is -2.20. The van der Waals surface area contributed by atoms with Crippen LogP contribution in [0.1, 0.15) is 36.5 Å². The SMILES string of the molecule is COc1cc2c(cc1OC)[C@H](CCCl)OC[C@H]2C. The van der Waals surface area contributed by atoms with Gasteiger partial charge >= 0.3 is 0 Å². The van der Waals surface area contributed by atoms with E-state index in [0.717, 1.165) is 24.5 Å². The molecule has 0 aliphatic carbocycles. The Bertz CT molecular complexity index is 420. The Labute approximate surface area is 113 Å². The van der Waals surface area contributed by atoms with Crippen LogP contribution in [0.3, 0.4) is 0 Å². The Morgan fingerprint density at radius 2 is 1.83 bits per heavy atom. The molecule has 0 saturated heterocycles. The van der Waals surface area contributed by atoms with Crippen LogP contribution >= 0.6 is 11.6 Å². The van der Waals surface area contributed by atoms with Crippen LogP contribution in [0, 0.1) is 0 Å². The predicted molar refractivity (Wildman–Crippen MR) is 72.0 cm³/mol. The Kier molecular flexibility index (Phi) is 4.36. The first kappa shape index (κ1) is 13.5. The van der Waals surface area contributed by atoms with E-state index in [1.165, 1.54) is 11.1 Å². The topological polar surface area (TPSA) is 27.7 Å². The van der Waals surface area contributed by atoms with Crippen molar-refractivity contribution < 1.29 is 14.2 Å². The fourth-order valence-corrected chi connectivity index (χ4v) is 2.59. The van der Waals surface area contributed by atoms with E-state index in [1.807, 2.05) is 6.07 Å². The molecule has 2 atom stereocenters. The van der Waals surface area contributed by atoms with Crippen molar-refractivity contribution in [3.8, 4) is 11.5 Å². The van der Waals surface area contributed by atoms with Crippen molar-refractivity contribution in [2.45, 2.75) is 25.4 Å². The maximum atomic E-state index is 5.85. The molecule has 100 valence electrons. The summed E-state index contributed by atoms with van der Waals surface area (Å²) in [6, 6.07) is 4.07. The number of rotatable bonds is 4. The molecule has 4 heteroatoms. The molecule has 1 aromatic carbocycles. The largest absolute Gasteiger partial charge is 0.493 e. The van der Waals surface area contributed by atoms with Crippen molar-refractivity contribution in [3.05, 3.63) is 23.3 Å². The first-order valence-corrected chi connectivity index (χ1v) is 6.68. The average molecular weight is 271 g/mol. The number of methoxy groups -OCH3 is 2. The standard InChI is InChI=1S/C14H19ClO3/c1-9-8-18-12(4-5-15)11-7-14(17-3)13(16-2)6-10(9)11/h6-7,9,12H,4-5,8H2,1-3H3/t9-,12+/m1/s1. The van der Waals surface area contributed by atoms with E-state index in [-0.39, 0.29) is 6.10 Å². The van der Waals surface area contributed by atoms with E-state index in [0.29, 0.717) is 11.8 Å². The number of halogens is 1. The molecule has 1 aliphatic rings. The Morgan fingerprint density at radius 3 is 2.39 bits per heavy atom. The number of alkyl halides is 1.